The molecule has 1 heterocycles. The highest BCUT2D eigenvalue weighted by Crippen LogP contribution is 2.27. The monoisotopic (exact) mass is 355 g/mol. The van der Waals surface area contributed by atoms with Gasteiger partial charge in [-0.25, -0.2) is 4.39 Å². The highest BCUT2D eigenvalue weighted by Gasteiger charge is 2.14. The molecule has 4 heteroatoms. The third-order valence-corrected chi connectivity index (χ3v) is 4.68. The Morgan fingerprint density at radius 2 is 2.10 bits per heavy atom. The smallest absolute Gasteiger partial charge is 0.124 e. The summed E-state index contributed by atoms with van der Waals surface area (Å²) in [5.74, 6) is -0.189. The molecule has 0 saturated heterocycles. The summed E-state index contributed by atoms with van der Waals surface area (Å²) in [7, 11) is 0. The predicted octanol–water partition coefficient (Wildman–Crippen LogP) is 5.24. The first-order valence-electron chi connectivity index (χ1n) is 6.83. The molecule has 0 aliphatic rings. The van der Waals surface area contributed by atoms with Gasteiger partial charge in [-0.1, -0.05) is 22.9 Å². The number of nitrogens with one attached hydrogen (secondary N) is 1. The van der Waals surface area contributed by atoms with Crippen LogP contribution >= 0.6 is 27.3 Å². The second-order valence-electron chi connectivity index (χ2n) is 4.94. The number of aryl methyl sites for hydroxylation is 1. The molecule has 1 aromatic carbocycles. The summed E-state index contributed by atoms with van der Waals surface area (Å²) in [6.07, 6.45) is 1.89. The first-order valence-corrected chi connectivity index (χ1v) is 8.44. The van der Waals surface area contributed by atoms with Crippen molar-refractivity contribution in [1.82, 2.24) is 5.32 Å². The summed E-state index contributed by atoms with van der Waals surface area (Å²) in [4.78, 5) is 2.63. The van der Waals surface area contributed by atoms with Crippen LogP contribution in [0.25, 0.3) is 0 Å². The zero-order valence-electron chi connectivity index (χ0n) is 11.7. The van der Waals surface area contributed by atoms with Gasteiger partial charge < -0.3 is 5.32 Å². The molecule has 2 aromatic rings. The molecule has 0 aliphatic heterocycles. The minimum Gasteiger partial charge on any atom is -0.309 e. The fraction of sp³-hybridized carbons (Fsp3) is 0.375. The van der Waals surface area contributed by atoms with Gasteiger partial charge in [-0.2, -0.15) is 0 Å². The van der Waals surface area contributed by atoms with Crippen molar-refractivity contribution in [2.45, 2.75) is 32.7 Å². The van der Waals surface area contributed by atoms with E-state index in [4.69, 9.17) is 0 Å². The molecular formula is C16H19BrFNS. The molecule has 0 aliphatic carbocycles. The zero-order chi connectivity index (χ0) is 14.5. The molecule has 108 valence electrons. The molecule has 20 heavy (non-hydrogen) atoms. The number of thiophene rings is 1. The summed E-state index contributed by atoms with van der Waals surface area (Å²) in [5.41, 5.74) is 1.01. The number of hydrogen-bond acceptors (Lipinski definition) is 2. The summed E-state index contributed by atoms with van der Waals surface area (Å²) in [5, 5.41) is 3.56. The van der Waals surface area contributed by atoms with Crippen LogP contribution in [-0.4, -0.2) is 6.54 Å². The van der Waals surface area contributed by atoms with Crippen molar-refractivity contribution >= 4 is 27.3 Å². The van der Waals surface area contributed by atoms with E-state index in [1.807, 2.05) is 6.07 Å². The Hall–Kier alpha value is -0.710. The molecular weight excluding hydrogens is 337 g/mol. The molecule has 0 fully saturated rings. The second kappa shape index (κ2) is 7.34. The Balaban J connectivity index is 2.18. The minimum atomic E-state index is -0.189. The van der Waals surface area contributed by atoms with Gasteiger partial charge in [0.2, 0.25) is 0 Å². The van der Waals surface area contributed by atoms with Crippen molar-refractivity contribution < 1.29 is 4.39 Å². The lowest BCUT2D eigenvalue weighted by Crippen LogP contribution is -2.23. The molecule has 1 N–H and O–H groups in total. The van der Waals surface area contributed by atoms with Crippen LogP contribution in [0.5, 0.6) is 0 Å². The van der Waals surface area contributed by atoms with Gasteiger partial charge in [0.1, 0.15) is 5.82 Å². The Labute approximate surface area is 132 Å². The van der Waals surface area contributed by atoms with Crippen LogP contribution in [0.4, 0.5) is 4.39 Å². The lowest BCUT2D eigenvalue weighted by atomic mass is 10.0. The van der Waals surface area contributed by atoms with Crippen LogP contribution in [0.1, 0.15) is 34.7 Å². The molecule has 1 nitrogen and oxygen atoms in total. The van der Waals surface area contributed by atoms with Gasteiger partial charge in [0.15, 0.2) is 0 Å². The van der Waals surface area contributed by atoms with E-state index >= 15 is 0 Å². The average Bonchev–Trinajstić information content (AvgIpc) is 2.80. The SMILES string of the molecule is CCCNC(Cc1cc(F)cc(Br)c1)c1ccc(C)s1. The Morgan fingerprint density at radius 3 is 2.70 bits per heavy atom. The van der Waals surface area contributed by atoms with E-state index in [9.17, 15) is 4.39 Å². The summed E-state index contributed by atoms with van der Waals surface area (Å²) < 4.78 is 14.3. The van der Waals surface area contributed by atoms with Gasteiger partial charge in [0, 0.05) is 20.3 Å². The Morgan fingerprint density at radius 1 is 1.30 bits per heavy atom. The third kappa shape index (κ3) is 4.40. The third-order valence-electron chi connectivity index (χ3n) is 3.11. The summed E-state index contributed by atoms with van der Waals surface area (Å²) >= 11 is 5.16. The molecule has 0 bridgehead atoms. The first-order chi connectivity index (χ1) is 9.58. The largest absolute Gasteiger partial charge is 0.309 e. The molecule has 0 amide bonds. The van der Waals surface area contributed by atoms with Crippen LogP contribution < -0.4 is 5.32 Å². The molecule has 0 radical (unpaired) electrons. The maximum Gasteiger partial charge on any atom is 0.124 e. The quantitative estimate of drug-likeness (QED) is 0.746. The van der Waals surface area contributed by atoms with Crippen LogP contribution in [0, 0.1) is 12.7 Å². The maximum atomic E-state index is 13.5. The fourth-order valence-electron chi connectivity index (χ4n) is 2.20. The van der Waals surface area contributed by atoms with E-state index in [2.05, 4.69) is 47.2 Å². The summed E-state index contributed by atoms with van der Waals surface area (Å²) in [6.45, 7) is 5.24. The van der Waals surface area contributed by atoms with Crippen molar-refractivity contribution in [3.05, 3.63) is 55.9 Å². The number of halogens is 2. The lowest BCUT2D eigenvalue weighted by molar-refractivity contribution is 0.534. The van der Waals surface area contributed by atoms with Gasteiger partial charge in [-0.05, 0) is 62.2 Å². The van der Waals surface area contributed by atoms with E-state index in [0.717, 1.165) is 29.4 Å². The van der Waals surface area contributed by atoms with Gasteiger partial charge in [-0.3, -0.25) is 0 Å². The molecule has 1 unspecified atom stereocenters. The van der Waals surface area contributed by atoms with Crippen molar-refractivity contribution in [2.24, 2.45) is 0 Å². The Kier molecular flexibility index (Phi) is 5.75. The van der Waals surface area contributed by atoms with Crippen molar-refractivity contribution in [2.75, 3.05) is 6.54 Å². The zero-order valence-corrected chi connectivity index (χ0v) is 14.2. The van der Waals surface area contributed by atoms with Gasteiger partial charge in [0.05, 0.1) is 0 Å². The van der Waals surface area contributed by atoms with Gasteiger partial charge in [0.25, 0.3) is 0 Å². The summed E-state index contributed by atoms with van der Waals surface area (Å²) in [6, 6.07) is 9.66. The molecule has 1 atom stereocenters. The topological polar surface area (TPSA) is 12.0 Å². The number of hydrogen-bond donors (Lipinski definition) is 1. The maximum absolute atomic E-state index is 13.5. The van der Waals surface area contributed by atoms with Crippen molar-refractivity contribution in [1.29, 1.82) is 0 Å². The number of benzene rings is 1. The van der Waals surface area contributed by atoms with Crippen LogP contribution in [0.2, 0.25) is 0 Å². The van der Waals surface area contributed by atoms with E-state index in [1.54, 1.807) is 17.4 Å². The molecule has 0 saturated carbocycles. The average molecular weight is 356 g/mol. The second-order valence-corrected chi connectivity index (χ2v) is 7.17. The van der Waals surface area contributed by atoms with E-state index in [0.29, 0.717) is 0 Å². The normalized spacial score (nSPS) is 12.6. The van der Waals surface area contributed by atoms with Crippen LogP contribution in [0.3, 0.4) is 0 Å². The van der Waals surface area contributed by atoms with Crippen LogP contribution in [-0.2, 0) is 6.42 Å². The van der Waals surface area contributed by atoms with Crippen LogP contribution in [0.15, 0.2) is 34.8 Å². The minimum absolute atomic E-state index is 0.189. The first kappa shape index (κ1) is 15.7. The van der Waals surface area contributed by atoms with Gasteiger partial charge >= 0.3 is 0 Å². The number of rotatable bonds is 6. The van der Waals surface area contributed by atoms with E-state index < -0.39 is 0 Å². The Bertz CT molecular complexity index is 547. The lowest BCUT2D eigenvalue weighted by Gasteiger charge is -2.17. The highest BCUT2D eigenvalue weighted by molar-refractivity contribution is 9.10. The predicted molar refractivity (Wildman–Crippen MR) is 87.9 cm³/mol. The molecule has 1 aromatic heterocycles. The van der Waals surface area contributed by atoms with E-state index in [-0.39, 0.29) is 11.9 Å². The molecule has 0 spiro atoms. The highest BCUT2D eigenvalue weighted by atomic mass is 79.9. The fourth-order valence-corrected chi connectivity index (χ4v) is 3.66. The standard InChI is InChI=1S/C16H19BrFNS/c1-3-6-19-15(16-5-4-11(2)20-16)9-12-7-13(17)10-14(18)8-12/h4-5,7-8,10,15,19H,3,6,9H2,1-2H3. The molecule has 2 rings (SSSR count). The van der Waals surface area contributed by atoms with Crippen molar-refractivity contribution in [3.8, 4) is 0 Å². The van der Waals surface area contributed by atoms with Crippen molar-refractivity contribution in [3.63, 3.8) is 0 Å². The van der Waals surface area contributed by atoms with E-state index in [1.165, 1.54) is 15.8 Å². The van der Waals surface area contributed by atoms with Gasteiger partial charge in [-0.15, -0.1) is 11.3 Å².